The van der Waals surface area contributed by atoms with Crippen LogP contribution >= 0.6 is 0 Å². The Morgan fingerprint density at radius 3 is 2.69 bits per heavy atom. The molecule has 0 aliphatic rings. The molecule has 2 N–H and O–H groups in total. The van der Waals surface area contributed by atoms with Gasteiger partial charge in [0.05, 0.1) is 11.4 Å². The van der Waals surface area contributed by atoms with E-state index in [4.69, 9.17) is 5.73 Å². The number of nitrogens with two attached hydrogens (primary N) is 1. The van der Waals surface area contributed by atoms with Crippen molar-refractivity contribution in [2.75, 3.05) is 0 Å². The molecule has 84 valence electrons. The lowest BCUT2D eigenvalue weighted by Gasteiger charge is -2.07. The predicted octanol–water partition coefficient (Wildman–Crippen LogP) is 2.34. The van der Waals surface area contributed by atoms with E-state index in [2.05, 4.69) is 49.3 Å². The molecule has 0 saturated heterocycles. The summed E-state index contributed by atoms with van der Waals surface area (Å²) in [5.74, 6) is 0. The van der Waals surface area contributed by atoms with Gasteiger partial charge in [0.15, 0.2) is 0 Å². The van der Waals surface area contributed by atoms with Gasteiger partial charge in [-0.25, -0.2) is 0 Å². The number of aryl methyl sites for hydroxylation is 2. The summed E-state index contributed by atoms with van der Waals surface area (Å²) >= 11 is 0. The van der Waals surface area contributed by atoms with Crippen molar-refractivity contribution in [3.63, 3.8) is 0 Å². The van der Waals surface area contributed by atoms with Crippen LogP contribution in [0.15, 0.2) is 30.3 Å². The topological polar surface area (TPSA) is 43.8 Å². The van der Waals surface area contributed by atoms with Crippen LogP contribution in [0.2, 0.25) is 0 Å². The summed E-state index contributed by atoms with van der Waals surface area (Å²) in [4.78, 5) is 0. The molecule has 0 fully saturated rings. The van der Waals surface area contributed by atoms with Gasteiger partial charge in [-0.2, -0.15) is 5.10 Å². The maximum Gasteiger partial charge on any atom is 0.0766 e. The zero-order valence-corrected chi connectivity index (χ0v) is 9.77. The van der Waals surface area contributed by atoms with Crippen LogP contribution in [0, 0.1) is 6.92 Å². The Hall–Kier alpha value is -1.61. The van der Waals surface area contributed by atoms with Gasteiger partial charge in [0.2, 0.25) is 0 Å². The number of aromatic nitrogens is 2. The number of benzene rings is 1. The second-order valence-electron chi connectivity index (χ2n) is 3.86. The van der Waals surface area contributed by atoms with Gasteiger partial charge < -0.3 is 5.73 Å². The SMILES string of the molecule is CCn1nc(CN)cc1-c1ccccc1C. The van der Waals surface area contributed by atoms with E-state index in [0.29, 0.717) is 6.54 Å². The number of nitrogens with zero attached hydrogens (tertiary/aromatic N) is 2. The van der Waals surface area contributed by atoms with Gasteiger partial charge >= 0.3 is 0 Å². The number of hydrogen-bond donors (Lipinski definition) is 1. The highest BCUT2D eigenvalue weighted by Crippen LogP contribution is 2.23. The molecule has 3 heteroatoms. The van der Waals surface area contributed by atoms with Crippen LogP contribution < -0.4 is 5.73 Å². The molecule has 2 rings (SSSR count). The minimum Gasteiger partial charge on any atom is -0.325 e. The summed E-state index contributed by atoms with van der Waals surface area (Å²) in [6, 6.07) is 10.4. The van der Waals surface area contributed by atoms with Crippen molar-refractivity contribution >= 4 is 0 Å². The Labute approximate surface area is 95.9 Å². The highest BCUT2D eigenvalue weighted by Gasteiger charge is 2.09. The van der Waals surface area contributed by atoms with E-state index in [0.717, 1.165) is 17.9 Å². The molecule has 2 aromatic rings. The average molecular weight is 215 g/mol. The average Bonchev–Trinajstić information content (AvgIpc) is 2.72. The second kappa shape index (κ2) is 4.49. The minimum atomic E-state index is 0.492. The molecule has 0 amide bonds. The molecule has 0 unspecified atom stereocenters. The first kappa shape index (κ1) is 10.9. The first-order valence-corrected chi connectivity index (χ1v) is 5.59. The lowest BCUT2D eigenvalue weighted by atomic mass is 10.1. The van der Waals surface area contributed by atoms with Gasteiger partial charge in [-0.1, -0.05) is 24.3 Å². The summed E-state index contributed by atoms with van der Waals surface area (Å²) < 4.78 is 2.00. The molecule has 0 aliphatic carbocycles. The van der Waals surface area contributed by atoms with E-state index >= 15 is 0 Å². The van der Waals surface area contributed by atoms with E-state index in [9.17, 15) is 0 Å². The first-order valence-electron chi connectivity index (χ1n) is 5.59. The largest absolute Gasteiger partial charge is 0.325 e. The fraction of sp³-hybridized carbons (Fsp3) is 0.308. The smallest absolute Gasteiger partial charge is 0.0766 e. The molecule has 16 heavy (non-hydrogen) atoms. The number of rotatable bonds is 3. The quantitative estimate of drug-likeness (QED) is 0.854. The molecule has 0 atom stereocenters. The molecule has 0 aliphatic heterocycles. The third kappa shape index (κ3) is 1.86. The first-order chi connectivity index (χ1) is 7.76. The van der Waals surface area contributed by atoms with Gasteiger partial charge in [-0.05, 0) is 25.5 Å². The predicted molar refractivity (Wildman–Crippen MR) is 66.0 cm³/mol. The molecule has 0 saturated carbocycles. The van der Waals surface area contributed by atoms with Gasteiger partial charge in [-0.3, -0.25) is 4.68 Å². The highest BCUT2D eigenvalue weighted by atomic mass is 15.3. The Bertz CT molecular complexity index is 486. The Morgan fingerprint density at radius 2 is 2.06 bits per heavy atom. The minimum absolute atomic E-state index is 0.492. The van der Waals surface area contributed by atoms with Crippen molar-refractivity contribution in [3.8, 4) is 11.3 Å². The zero-order valence-electron chi connectivity index (χ0n) is 9.77. The fourth-order valence-corrected chi connectivity index (χ4v) is 1.89. The molecule has 0 bridgehead atoms. The molecular formula is C13H17N3. The van der Waals surface area contributed by atoms with E-state index in [-0.39, 0.29) is 0 Å². The van der Waals surface area contributed by atoms with Crippen molar-refractivity contribution in [3.05, 3.63) is 41.6 Å². The van der Waals surface area contributed by atoms with Gasteiger partial charge in [-0.15, -0.1) is 0 Å². The number of hydrogen-bond acceptors (Lipinski definition) is 2. The van der Waals surface area contributed by atoms with E-state index in [1.54, 1.807) is 0 Å². The fourth-order valence-electron chi connectivity index (χ4n) is 1.89. The van der Waals surface area contributed by atoms with E-state index < -0.39 is 0 Å². The van der Waals surface area contributed by atoms with Gasteiger partial charge in [0.25, 0.3) is 0 Å². The molecule has 3 nitrogen and oxygen atoms in total. The van der Waals surface area contributed by atoms with E-state index in [1.807, 2.05) is 4.68 Å². The second-order valence-corrected chi connectivity index (χ2v) is 3.86. The molecule has 0 spiro atoms. The third-order valence-corrected chi connectivity index (χ3v) is 2.76. The molecular weight excluding hydrogens is 198 g/mol. The monoisotopic (exact) mass is 215 g/mol. The molecule has 1 heterocycles. The van der Waals surface area contributed by atoms with Crippen molar-refractivity contribution in [2.45, 2.75) is 26.9 Å². The lowest BCUT2D eigenvalue weighted by Crippen LogP contribution is -2.02. The summed E-state index contributed by atoms with van der Waals surface area (Å²) in [5, 5.41) is 4.46. The van der Waals surface area contributed by atoms with Gasteiger partial charge in [0.1, 0.15) is 0 Å². The van der Waals surface area contributed by atoms with Crippen LogP contribution in [0.5, 0.6) is 0 Å². The molecule has 1 aromatic carbocycles. The standard InChI is InChI=1S/C13H17N3/c1-3-16-13(8-11(9-14)15-16)12-7-5-4-6-10(12)2/h4-8H,3,9,14H2,1-2H3. The normalized spacial score (nSPS) is 10.7. The Morgan fingerprint density at radius 1 is 1.31 bits per heavy atom. The Balaban J connectivity index is 2.54. The third-order valence-electron chi connectivity index (χ3n) is 2.76. The van der Waals surface area contributed by atoms with E-state index in [1.165, 1.54) is 11.1 Å². The van der Waals surface area contributed by atoms with Crippen LogP contribution in [0.1, 0.15) is 18.2 Å². The zero-order chi connectivity index (χ0) is 11.5. The van der Waals surface area contributed by atoms with Crippen molar-refractivity contribution in [1.82, 2.24) is 9.78 Å². The molecule has 1 aromatic heterocycles. The van der Waals surface area contributed by atoms with Crippen LogP contribution in [0.4, 0.5) is 0 Å². The van der Waals surface area contributed by atoms with Gasteiger partial charge in [0, 0.05) is 18.7 Å². The maximum atomic E-state index is 5.63. The van der Waals surface area contributed by atoms with Crippen molar-refractivity contribution in [2.24, 2.45) is 5.73 Å². The Kier molecular flexibility index (Phi) is 3.06. The van der Waals surface area contributed by atoms with Crippen molar-refractivity contribution < 1.29 is 0 Å². The summed E-state index contributed by atoms with van der Waals surface area (Å²) in [5.41, 5.74) is 10.2. The summed E-state index contributed by atoms with van der Waals surface area (Å²) in [6.07, 6.45) is 0. The van der Waals surface area contributed by atoms with Crippen molar-refractivity contribution in [1.29, 1.82) is 0 Å². The maximum absolute atomic E-state index is 5.63. The highest BCUT2D eigenvalue weighted by molar-refractivity contribution is 5.64. The van der Waals surface area contributed by atoms with Crippen LogP contribution in [-0.2, 0) is 13.1 Å². The van der Waals surface area contributed by atoms with Crippen LogP contribution in [0.3, 0.4) is 0 Å². The summed E-state index contributed by atoms with van der Waals surface area (Å²) in [7, 11) is 0. The summed E-state index contributed by atoms with van der Waals surface area (Å²) in [6.45, 7) is 5.56. The van der Waals surface area contributed by atoms with Crippen LogP contribution in [0.25, 0.3) is 11.3 Å². The van der Waals surface area contributed by atoms with Crippen LogP contribution in [-0.4, -0.2) is 9.78 Å². The molecule has 0 radical (unpaired) electrons. The lowest BCUT2D eigenvalue weighted by molar-refractivity contribution is 0.653.